The maximum absolute atomic E-state index is 4.59. The third-order valence-electron chi connectivity index (χ3n) is 9.16. The molecule has 0 bridgehead atoms. The average Bonchev–Trinajstić information content (AvgIpc) is 3.61. The quantitative estimate of drug-likeness (QED) is 0.0396. The number of aromatic nitrogens is 3. The van der Waals surface area contributed by atoms with Gasteiger partial charge in [-0.15, -0.1) is 0 Å². The lowest BCUT2D eigenvalue weighted by Gasteiger charge is -2.00. The molecule has 7 rings (SSSR count). The van der Waals surface area contributed by atoms with Crippen molar-refractivity contribution in [3.05, 3.63) is 157 Å². The fourth-order valence-electron chi connectivity index (χ4n) is 6.45. The van der Waals surface area contributed by atoms with Crippen molar-refractivity contribution in [3.63, 3.8) is 0 Å². The van der Waals surface area contributed by atoms with E-state index in [1.54, 1.807) is 0 Å². The minimum Gasteiger partial charge on any atom is -0.344 e. The number of para-hydroxylation sites is 2. The van der Waals surface area contributed by atoms with Crippen molar-refractivity contribution in [2.45, 2.75) is 6.54 Å². The van der Waals surface area contributed by atoms with Crippen molar-refractivity contribution in [1.29, 1.82) is 0 Å². The van der Waals surface area contributed by atoms with Crippen LogP contribution in [0.3, 0.4) is 0 Å². The van der Waals surface area contributed by atoms with Gasteiger partial charge in [0.1, 0.15) is 0 Å². The van der Waals surface area contributed by atoms with Crippen LogP contribution in [0.5, 0.6) is 0 Å². The Balaban J connectivity index is 0.834. The lowest BCUT2D eigenvalue weighted by molar-refractivity contribution is -0.692. The number of benzene rings is 4. The highest BCUT2D eigenvalue weighted by Crippen LogP contribution is 2.30. The van der Waals surface area contributed by atoms with Gasteiger partial charge in [-0.05, 0) is 64.7 Å². The van der Waals surface area contributed by atoms with Crippen LogP contribution in [0.2, 0.25) is 0 Å². The molecule has 0 fully saturated rings. The number of fused-ring (bicyclic) bond motifs is 6. The molecule has 4 aromatic carbocycles. The van der Waals surface area contributed by atoms with Crippen LogP contribution in [0.15, 0.2) is 145 Å². The van der Waals surface area contributed by atoms with Crippen LogP contribution >= 0.6 is 21.6 Å². The first-order valence-corrected chi connectivity index (χ1v) is 19.4. The number of rotatable bonds is 13. The summed E-state index contributed by atoms with van der Waals surface area (Å²) in [5.74, 6) is 2.04. The van der Waals surface area contributed by atoms with E-state index in [1.165, 1.54) is 60.3 Å². The third kappa shape index (κ3) is 7.42. The summed E-state index contributed by atoms with van der Waals surface area (Å²) in [5.41, 5.74) is 9.65. The Kier molecular flexibility index (Phi) is 10.5. The average molecular weight is 690 g/mol. The smallest absolute Gasteiger partial charge is 0.169 e. The lowest BCUT2D eigenvalue weighted by atomic mass is 10.1. The molecule has 0 aliphatic carbocycles. The second-order valence-electron chi connectivity index (χ2n) is 12.3. The molecule has 4 nitrogen and oxygen atoms in total. The molecule has 0 aliphatic rings. The molecule has 0 unspecified atom stereocenters. The van der Waals surface area contributed by atoms with Crippen LogP contribution < -0.4 is 4.57 Å². The minimum atomic E-state index is 0.793. The van der Waals surface area contributed by atoms with Crippen LogP contribution in [-0.2, 0) is 20.6 Å². The number of aryl methyl sites for hydroxylation is 3. The van der Waals surface area contributed by atoms with E-state index >= 15 is 0 Å². The van der Waals surface area contributed by atoms with Gasteiger partial charge in [0, 0.05) is 88.4 Å². The van der Waals surface area contributed by atoms with Gasteiger partial charge in [0.15, 0.2) is 18.9 Å². The van der Waals surface area contributed by atoms with Crippen molar-refractivity contribution < 1.29 is 4.57 Å². The summed E-state index contributed by atoms with van der Waals surface area (Å²) in [7, 11) is 8.05. The van der Waals surface area contributed by atoms with E-state index in [1.807, 2.05) is 40.0 Å². The Labute approximate surface area is 302 Å². The van der Waals surface area contributed by atoms with E-state index in [-0.39, 0.29) is 0 Å². The van der Waals surface area contributed by atoms with Crippen molar-refractivity contribution in [2.75, 3.05) is 18.1 Å². The zero-order chi connectivity index (χ0) is 34.3. The Morgan fingerprint density at radius 3 is 1.86 bits per heavy atom. The summed E-state index contributed by atoms with van der Waals surface area (Å²) >= 11 is 0. The molecular weight excluding hydrogens is 649 g/mol. The van der Waals surface area contributed by atoms with E-state index < -0.39 is 0 Å². The fraction of sp³-hybridized carbons (Fsp3) is 0.136. The molecule has 0 radical (unpaired) electrons. The van der Waals surface area contributed by atoms with Crippen molar-refractivity contribution in [3.8, 4) is 0 Å². The molecule has 50 heavy (non-hydrogen) atoms. The maximum Gasteiger partial charge on any atom is 0.169 e. The zero-order valence-corrected chi connectivity index (χ0v) is 30.2. The highest BCUT2D eigenvalue weighted by Gasteiger charge is 2.09. The van der Waals surface area contributed by atoms with Crippen molar-refractivity contribution in [2.24, 2.45) is 19.1 Å². The van der Waals surface area contributed by atoms with Gasteiger partial charge >= 0.3 is 0 Å². The van der Waals surface area contributed by atoms with Crippen LogP contribution in [0.1, 0.15) is 16.7 Å². The van der Waals surface area contributed by atoms with Gasteiger partial charge in [-0.25, -0.2) is 4.57 Å². The number of aliphatic imine (C=N–C) groups is 1. The molecule has 0 saturated carbocycles. The van der Waals surface area contributed by atoms with Gasteiger partial charge in [0.25, 0.3) is 0 Å². The first-order chi connectivity index (χ1) is 24.6. The largest absolute Gasteiger partial charge is 0.344 e. The molecule has 6 heteroatoms. The molecule has 0 saturated heterocycles. The van der Waals surface area contributed by atoms with E-state index in [0.717, 1.165) is 30.2 Å². The van der Waals surface area contributed by atoms with Gasteiger partial charge in [-0.1, -0.05) is 107 Å². The monoisotopic (exact) mass is 689 g/mol. The number of allylic oxidation sites excluding steroid dienone is 4. The molecule has 0 amide bonds. The van der Waals surface area contributed by atoms with Gasteiger partial charge < -0.3 is 9.13 Å². The first-order valence-electron chi connectivity index (χ1n) is 17.0. The predicted octanol–water partition coefficient (Wildman–Crippen LogP) is 10.7. The van der Waals surface area contributed by atoms with Crippen LogP contribution in [0, 0.1) is 0 Å². The zero-order valence-electron chi connectivity index (χ0n) is 28.6. The molecular formula is C44H41N4S2+. The van der Waals surface area contributed by atoms with Gasteiger partial charge in [0.2, 0.25) is 0 Å². The second kappa shape index (κ2) is 15.7. The second-order valence-corrected chi connectivity index (χ2v) is 15.0. The van der Waals surface area contributed by atoms with Gasteiger partial charge in [-0.2, -0.15) is 0 Å². The summed E-state index contributed by atoms with van der Waals surface area (Å²) in [4.78, 5) is 4.59. The van der Waals surface area contributed by atoms with Crippen LogP contribution in [0.25, 0.3) is 61.8 Å². The van der Waals surface area contributed by atoms with Crippen LogP contribution in [0.4, 0.5) is 0 Å². The number of hydrogen-bond donors (Lipinski definition) is 0. The Bertz CT molecular complexity index is 2420. The van der Waals surface area contributed by atoms with Crippen molar-refractivity contribution >= 4 is 89.6 Å². The highest BCUT2D eigenvalue weighted by atomic mass is 33.1. The molecule has 0 atom stereocenters. The molecule has 248 valence electrons. The topological polar surface area (TPSA) is 26.1 Å². The van der Waals surface area contributed by atoms with E-state index in [2.05, 4.69) is 173 Å². The van der Waals surface area contributed by atoms with Gasteiger partial charge in [0.05, 0.1) is 5.75 Å². The summed E-state index contributed by atoms with van der Waals surface area (Å²) in [6.45, 7) is 5.76. The third-order valence-corrected chi connectivity index (χ3v) is 11.5. The SMILES string of the molecule is C=CC(/C=C/c1ccc2c(c1)c1ccccc1n2C)=C\C=N\CCSSCC[n+]1ccc(/C=C/c2ccc3c(c2)c2ccccc2n3C)cc1. The number of nitrogens with zero attached hydrogens (tertiary/aromatic N) is 4. The maximum atomic E-state index is 4.59. The molecule has 3 aromatic heterocycles. The lowest BCUT2D eigenvalue weighted by Crippen LogP contribution is -2.33. The number of hydrogen-bond acceptors (Lipinski definition) is 3. The molecule has 0 N–H and O–H groups in total. The van der Waals surface area contributed by atoms with E-state index in [4.69, 9.17) is 0 Å². The Morgan fingerprint density at radius 1 is 0.660 bits per heavy atom. The fourth-order valence-corrected chi connectivity index (χ4v) is 8.30. The highest BCUT2D eigenvalue weighted by molar-refractivity contribution is 8.76. The summed E-state index contributed by atoms with van der Waals surface area (Å²) in [6, 6.07) is 34.9. The normalized spacial score (nSPS) is 12.6. The summed E-state index contributed by atoms with van der Waals surface area (Å²) in [5, 5.41) is 5.16. The van der Waals surface area contributed by atoms with E-state index in [0.29, 0.717) is 0 Å². The standard InChI is InChI=1S/C44H41N4S2/c1-4-33(13-15-35-17-19-43-39(31-35)37-9-5-7-11-41(37)46(43)2)21-24-45-25-29-49-50-30-28-48-26-22-34(23-27-48)14-16-36-18-20-44-40(32-36)38-10-6-8-12-42(38)47(44)3/h4-24,26-27,31-32H,1,25,28-30H2,2-3H3/q+1/b15-13+,33-21+,45-24+. The Hall–Kier alpha value is -5.04. The molecule has 0 aliphatic heterocycles. The van der Waals surface area contributed by atoms with Crippen LogP contribution in [-0.4, -0.2) is 33.4 Å². The Morgan fingerprint density at radius 2 is 1.22 bits per heavy atom. The van der Waals surface area contributed by atoms with Gasteiger partial charge in [-0.3, -0.25) is 4.99 Å². The molecule has 3 heterocycles. The first kappa shape index (κ1) is 33.5. The minimum absolute atomic E-state index is 0.793. The number of pyridine rings is 1. The summed E-state index contributed by atoms with van der Waals surface area (Å²) in [6.07, 6.45) is 18.8. The summed E-state index contributed by atoms with van der Waals surface area (Å²) < 4.78 is 6.78. The van der Waals surface area contributed by atoms with E-state index in [9.17, 15) is 0 Å². The predicted molar refractivity (Wildman–Crippen MR) is 222 cm³/mol. The molecule has 7 aromatic rings. The van der Waals surface area contributed by atoms with Crippen molar-refractivity contribution in [1.82, 2.24) is 9.13 Å². The molecule has 0 spiro atoms.